The Morgan fingerprint density at radius 1 is 1.28 bits per heavy atom. The molecule has 0 amide bonds. The van der Waals surface area contributed by atoms with Crippen molar-refractivity contribution in [3.05, 3.63) is 35.9 Å². The predicted octanol–water partition coefficient (Wildman–Crippen LogP) is 3.66. The molecule has 0 aliphatic carbocycles. The number of hydrogen-bond acceptors (Lipinski definition) is 2. The van der Waals surface area contributed by atoms with Crippen LogP contribution in [-0.4, -0.2) is 50.8 Å². The maximum absolute atomic E-state index is 5.64. The van der Waals surface area contributed by atoms with Crippen LogP contribution in [0, 0.1) is 5.92 Å². The third-order valence-electron chi connectivity index (χ3n) is 5.59. The lowest BCUT2D eigenvalue weighted by atomic mass is 9.74. The summed E-state index contributed by atoms with van der Waals surface area (Å²) < 4.78 is 5.64. The second-order valence-corrected chi connectivity index (χ2v) is 7.35. The van der Waals surface area contributed by atoms with Gasteiger partial charge in [0.2, 0.25) is 0 Å². The molecule has 1 unspecified atom stereocenters. The Kier molecular flexibility index (Phi) is 8.00. The number of benzene rings is 1. The van der Waals surface area contributed by atoms with Crippen molar-refractivity contribution in [3.8, 4) is 0 Å². The van der Waals surface area contributed by atoms with Crippen LogP contribution in [0.4, 0.5) is 0 Å². The Hall–Kier alpha value is -0.820. The first-order valence-corrected chi connectivity index (χ1v) is 9.32. The van der Waals surface area contributed by atoms with Crippen molar-refractivity contribution in [2.45, 2.75) is 38.0 Å². The summed E-state index contributed by atoms with van der Waals surface area (Å²) in [6.07, 6.45) is 4.73. The van der Waals surface area contributed by atoms with Crippen LogP contribution >= 0.6 is 24.0 Å². The van der Waals surface area contributed by atoms with Gasteiger partial charge >= 0.3 is 0 Å². The molecule has 2 heterocycles. The number of nitrogens with zero attached hydrogens (tertiary/aromatic N) is 2. The third-order valence-corrected chi connectivity index (χ3v) is 5.59. The largest absolute Gasteiger partial charge is 0.381 e. The Balaban J connectivity index is 0.00000225. The molecule has 3 rings (SSSR count). The molecule has 0 saturated carbocycles. The quantitative estimate of drug-likeness (QED) is 0.428. The first kappa shape index (κ1) is 20.5. The van der Waals surface area contributed by atoms with E-state index in [4.69, 9.17) is 4.74 Å². The first-order valence-electron chi connectivity index (χ1n) is 9.32. The van der Waals surface area contributed by atoms with E-state index in [2.05, 4.69) is 52.5 Å². The van der Waals surface area contributed by atoms with E-state index in [9.17, 15) is 0 Å². The van der Waals surface area contributed by atoms with Crippen molar-refractivity contribution >= 4 is 29.9 Å². The third kappa shape index (κ3) is 5.09. The van der Waals surface area contributed by atoms with Gasteiger partial charge in [-0.15, -0.1) is 24.0 Å². The second kappa shape index (κ2) is 9.76. The molecule has 25 heavy (non-hydrogen) atoms. The molecule has 4 nitrogen and oxygen atoms in total. The molecule has 5 heteroatoms. The van der Waals surface area contributed by atoms with E-state index < -0.39 is 0 Å². The van der Waals surface area contributed by atoms with E-state index in [1.54, 1.807) is 0 Å². The minimum Gasteiger partial charge on any atom is -0.381 e. The highest BCUT2D eigenvalue weighted by Gasteiger charge is 2.35. The van der Waals surface area contributed by atoms with Crippen molar-refractivity contribution in [3.63, 3.8) is 0 Å². The van der Waals surface area contributed by atoms with E-state index >= 15 is 0 Å². The molecule has 2 saturated heterocycles. The number of rotatable bonds is 3. The van der Waals surface area contributed by atoms with E-state index in [0.717, 1.165) is 57.6 Å². The van der Waals surface area contributed by atoms with Gasteiger partial charge in [0.15, 0.2) is 5.96 Å². The molecule has 2 aliphatic rings. The van der Waals surface area contributed by atoms with E-state index in [-0.39, 0.29) is 29.4 Å². The highest BCUT2D eigenvalue weighted by atomic mass is 127. The number of piperidine rings is 1. The van der Waals surface area contributed by atoms with E-state index in [1.165, 1.54) is 18.4 Å². The number of nitrogens with one attached hydrogen (secondary N) is 1. The molecule has 2 aliphatic heterocycles. The Labute approximate surface area is 169 Å². The molecule has 0 spiro atoms. The van der Waals surface area contributed by atoms with Crippen LogP contribution in [0.15, 0.2) is 35.3 Å². The Morgan fingerprint density at radius 2 is 2.00 bits per heavy atom. The number of aliphatic imine (C=N–C) groups is 1. The lowest BCUT2D eigenvalue weighted by molar-refractivity contribution is 0.0511. The van der Waals surface area contributed by atoms with Gasteiger partial charge in [-0.3, -0.25) is 4.99 Å². The van der Waals surface area contributed by atoms with Gasteiger partial charge in [-0.05, 0) is 37.2 Å². The zero-order chi connectivity index (χ0) is 16.8. The number of ether oxygens (including phenoxy) is 1. The maximum atomic E-state index is 5.64. The Bertz CT molecular complexity index is 543. The van der Waals surface area contributed by atoms with Crippen LogP contribution in [0.5, 0.6) is 0 Å². The molecule has 1 atom stereocenters. The van der Waals surface area contributed by atoms with Crippen molar-refractivity contribution < 1.29 is 4.74 Å². The predicted molar refractivity (Wildman–Crippen MR) is 115 cm³/mol. The fourth-order valence-corrected chi connectivity index (χ4v) is 4.08. The topological polar surface area (TPSA) is 36.9 Å². The average Bonchev–Trinajstić information content (AvgIpc) is 2.64. The minimum atomic E-state index is 0. The number of likely N-dealkylation sites (tertiary alicyclic amines) is 1. The van der Waals surface area contributed by atoms with Crippen LogP contribution in [0.25, 0.3) is 0 Å². The van der Waals surface area contributed by atoms with Crippen molar-refractivity contribution in [1.82, 2.24) is 10.2 Å². The van der Waals surface area contributed by atoms with Gasteiger partial charge in [-0.25, -0.2) is 0 Å². The standard InChI is InChI=1S/C20H31N3O.HI/c1-17-7-6-12-23(15-17)19(21-2)22-16-20(10-13-24-14-11-20)18-8-4-3-5-9-18;/h3-5,8-9,17H,6-7,10-16H2,1-2H3,(H,21,22);1H. The summed E-state index contributed by atoms with van der Waals surface area (Å²) in [4.78, 5) is 6.98. The first-order chi connectivity index (χ1) is 11.7. The van der Waals surface area contributed by atoms with Crippen LogP contribution in [-0.2, 0) is 10.2 Å². The van der Waals surface area contributed by atoms with Gasteiger partial charge in [0.05, 0.1) is 0 Å². The van der Waals surface area contributed by atoms with Crippen LogP contribution in [0.1, 0.15) is 38.2 Å². The smallest absolute Gasteiger partial charge is 0.193 e. The van der Waals surface area contributed by atoms with Gasteiger partial charge in [0.1, 0.15) is 0 Å². The zero-order valence-electron chi connectivity index (χ0n) is 15.5. The van der Waals surface area contributed by atoms with Crippen molar-refractivity contribution in [1.29, 1.82) is 0 Å². The molecule has 1 aromatic carbocycles. The highest BCUT2D eigenvalue weighted by molar-refractivity contribution is 14.0. The van der Waals surface area contributed by atoms with Gasteiger partial charge in [-0.1, -0.05) is 37.3 Å². The fourth-order valence-electron chi connectivity index (χ4n) is 4.08. The summed E-state index contributed by atoms with van der Waals surface area (Å²) in [5, 5.41) is 3.69. The SMILES string of the molecule is CN=C(NCC1(c2ccccc2)CCOCC1)N1CCCC(C)C1.I. The molecule has 0 bridgehead atoms. The lowest BCUT2D eigenvalue weighted by Crippen LogP contribution is -2.51. The summed E-state index contributed by atoms with van der Waals surface area (Å²) in [5.74, 6) is 1.81. The summed E-state index contributed by atoms with van der Waals surface area (Å²) in [5.41, 5.74) is 1.57. The summed E-state index contributed by atoms with van der Waals surface area (Å²) in [6, 6.07) is 10.9. The molecule has 0 radical (unpaired) electrons. The number of hydrogen-bond donors (Lipinski definition) is 1. The van der Waals surface area contributed by atoms with E-state index in [0.29, 0.717) is 0 Å². The number of halogens is 1. The van der Waals surface area contributed by atoms with Crippen LogP contribution < -0.4 is 5.32 Å². The minimum absolute atomic E-state index is 0. The highest BCUT2D eigenvalue weighted by Crippen LogP contribution is 2.34. The molecule has 1 aromatic rings. The van der Waals surface area contributed by atoms with Crippen LogP contribution in [0.2, 0.25) is 0 Å². The monoisotopic (exact) mass is 457 g/mol. The second-order valence-electron chi connectivity index (χ2n) is 7.35. The molecule has 140 valence electrons. The summed E-state index contributed by atoms with van der Waals surface area (Å²) >= 11 is 0. The molecule has 0 aromatic heterocycles. The normalized spacial score (nSPS) is 23.7. The Morgan fingerprint density at radius 3 is 2.64 bits per heavy atom. The molecular formula is C20H32IN3O. The molecule has 1 N–H and O–H groups in total. The van der Waals surface area contributed by atoms with Gasteiger partial charge < -0.3 is 15.0 Å². The summed E-state index contributed by atoms with van der Waals surface area (Å²) in [7, 11) is 1.90. The average molecular weight is 457 g/mol. The van der Waals surface area contributed by atoms with Gasteiger partial charge in [0, 0.05) is 45.3 Å². The number of guanidine groups is 1. The molecule has 2 fully saturated rings. The molecular weight excluding hydrogens is 425 g/mol. The zero-order valence-corrected chi connectivity index (χ0v) is 17.9. The fraction of sp³-hybridized carbons (Fsp3) is 0.650. The van der Waals surface area contributed by atoms with Crippen molar-refractivity contribution in [2.75, 3.05) is 39.9 Å². The summed E-state index contributed by atoms with van der Waals surface area (Å²) in [6.45, 7) is 7.18. The van der Waals surface area contributed by atoms with Crippen LogP contribution in [0.3, 0.4) is 0 Å². The van der Waals surface area contributed by atoms with Crippen molar-refractivity contribution in [2.24, 2.45) is 10.9 Å². The van der Waals surface area contributed by atoms with E-state index in [1.807, 2.05) is 7.05 Å². The maximum Gasteiger partial charge on any atom is 0.193 e. The lowest BCUT2D eigenvalue weighted by Gasteiger charge is -2.40. The van der Waals surface area contributed by atoms with Gasteiger partial charge in [-0.2, -0.15) is 0 Å². The van der Waals surface area contributed by atoms with Gasteiger partial charge in [0.25, 0.3) is 0 Å².